The second kappa shape index (κ2) is 17.7. The summed E-state index contributed by atoms with van der Waals surface area (Å²) in [5, 5.41) is 18.9. The van der Waals surface area contributed by atoms with Crippen LogP contribution in [0.25, 0.3) is 9.53 Å². The lowest BCUT2D eigenvalue weighted by Gasteiger charge is -2.15. The van der Waals surface area contributed by atoms with Crippen LogP contribution in [0, 0.1) is 0 Å². The van der Waals surface area contributed by atoms with Gasteiger partial charge in [0, 0.05) is 18.7 Å². The van der Waals surface area contributed by atoms with Crippen molar-refractivity contribution < 1.29 is 19.0 Å². The zero-order valence-electron chi connectivity index (χ0n) is 25.7. The number of anilines is 1. The summed E-state index contributed by atoms with van der Waals surface area (Å²) in [6, 6.07) is 17.6. The Morgan fingerprint density at radius 2 is 1.56 bits per heavy atom. The monoisotopic (exact) mass is 648 g/mol. The number of ether oxygens (including phenoxy) is 3. The number of azo groups is 2. The third-order valence-electron chi connectivity index (χ3n) is 7.16. The quantitative estimate of drug-likeness (QED) is 0.0603. The van der Waals surface area contributed by atoms with Crippen molar-refractivity contribution in [2.75, 3.05) is 38.0 Å². The van der Waals surface area contributed by atoms with Crippen LogP contribution >= 0.6 is 22.7 Å². The van der Waals surface area contributed by atoms with E-state index in [1.807, 2.05) is 61.5 Å². The lowest BCUT2D eigenvalue weighted by molar-refractivity contribution is -0.143. The zero-order chi connectivity index (χ0) is 31.1. The first-order valence-corrected chi connectivity index (χ1v) is 17.3. The van der Waals surface area contributed by atoms with Crippen molar-refractivity contribution in [3.05, 3.63) is 54.6 Å². The molecule has 0 N–H and O–H groups in total. The van der Waals surface area contributed by atoms with Gasteiger partial charge in [-0.1, -0.05) is 61.7 Å². The van der Waals surface area contributed by atoms with Crippen molar-refractivity contribution in [3.63, 3.8) is 0 Å². The molecule has 5 rings (SSSR count). The Morgan fingerprint density at radius 3 is 2.24 bits per heavy atom. The normalized spacial score (nSPS) is 13.5. The number of carbonyl (C=O) groups is 1. The van der Waals surface area contributed by atoms with Crippen LogP contribution in [0.4, 0.5) is 27.2 Å². The molecule has 2 aromatic carbocycles. The molecule has 0 amide bonds. The van der Waals surface area contributed by atoms with Gasteiger partial charge < -0.3 is 19.1 Å². The summed E-state index contributed by atoms with van der Waals surface area (Å²) >= 11 is 2.97. The molecule has 45 heavy (non-hydrogen) atoms. The number of hydrogen-bond donors (Lipinski definition) is 0. The molecule has 2 aromatic heterocycles. The Balaban J connectivity index is 0.969. The lowest BCUT2D eigenvalue weighted by Crippen LogP contribution is -2.17. The van der Waals surface area contributed by atoms with Gasteiger partial charge in [-0.2, -0.15) is 0 Å². The summed E-state index contributed by atoms with van der Waals surface area (Å²) in [6.07, 6.45) is 9.21. The number of carbonyl (C=O) groups excluding carboxylic acids is 1. The molecule has 1 fully saturated rings. The van der Waals surface area contributed by atoms with E-state index in [1.165, 1.54) is 41.9 Å². The Kier molecular flexibility index (Phi) is 12.8. The van der Waals surface area contributed by atoms with E-state index in [9.17, 15) is 4.79 Å². The molecule has 238 valence electrons. The van der Waals surface area contributed by atoms with Gasteiger partial charge in [0.2, 0.25) is 5.13 Å². The Bertz CT molecular complexity index is 1500. The van der Waals surface area contributed by atoms with E-state index < -0.39 is 0 Å². The number of nitrogens with zero attached hydrogens (tertiary/aromatic N) is 6. The van der Waals surface area contributed by atoms with Gasteiger partial charge in [-0.15, -0.1) is 20.5 Å². The van der Waals surface area contributed by atoms with Crippen LogP contribution in [0.1, 0.15) is 64.7 Å². The molecule has 12 heteroatoms. The predicted molar refractivity (Wildman–Crippen MR) is 181 cm³/mol. The molecule has 0 bridgehead atoms. The fourth-order valence-electron chi connectivity index (χ4n) is 4.71. The van der Waals surface area contributed by atoms with Crippen LogP contribution in [0.15, 0.2) is 75.1 Å². The topological polar surface area (TPSA) is 110 Å². The first kappa shape index (κ1) is 32.6. The molecule has 0 aliphatic carbocycles. The van der Waals surface area contributed by atoms with Crippen LogP contribution in [0.3, 0.4) is 0 Å². The second-order valence-electron chi connectivity index (χ2n) is 10.8. The van der Waals surface area contributed by atoms with Gasteiger partial charge in [0.25, 0.3) is 0 Å². The average molecular weight is 649 g/mol. The van der Waals surface area contributed by atoms with Crippen molar-refractivity contribution in [2.24, 2.45) is 20.5 Å². The SMILES string of the molecule is CCCC(=O)OCCCCCCCCCOc1ccc(N=Nc2cc3sc(N=Nc4ccc(N5CCOC5)cc4)nc3s2)cc1. The van der Waals surface area contributed by atoms with E-state index >= 15 is 0 Å². The Hall–Kier alpha value is -3.74. The standard InChI is InChI=1S/C33H40N6O4S2/c1-2-10-31(40)43-21-9-7-5-3-4-6-8-20-42-28-17-13-26(14-18-28)35-37-30-23-29-32(45-30)34-33(44-29)38-36-25-11-15-27(16-12-25)39-19-22-41-24-39/h11-18,23H,2-10,19-22,24H2,1H3. The smallest absolute Gasteiger partial charge is 0.305 e. The van der Waals surface area contributed by atoms with Gasteiger partial charge in [-0.05, 0) is 73.9 Å². The van der Waals surface area contributed by atoms with Gasteiger partial charge >= 0.3 is 5.97 Å². The summed E-state index contributed by atoms with van der Waals surface area (Å²) in [7, 11) is 0. The molecule has 1 saturated heterocycles. The molecular weight excluding hydrogens is 609 g/mol. The van der Waals surface area contributed by atoms with Crippen molar-refractivity contribution in [1.82, 2.24) is 4.98 Å². The molecule has 0 radical (unpaired) electrons. The van der Waals surface area contributed by atoms with Gasteiger partial charge in [0.1, 0.15) is 22.3 Å². The highest BCUT2D eigenvalue weighted by atomic mass is 32.1. The number of fused-ring (bicyclic) bond motifs is 1. The zero-order valence-corrected chi connectivity index (χ0v) is 27.4. The van der Waals surface area contributed by atoms with Crippen molar-refractivity contribution in [2.45, 2.75) is 64.7 Å². The van der Waals surface area contributed by atoms with E-state index in [0.717, 1.165) is 82.6 Å². The van der Waals surface area contributed by atoms with Crippen molar-refractivity contribution >= 4 is 65.4 Å². The third-order valence-corrected chi connectivity index (χ3v) is 9.09. The minimum atomic E-state index is -0.0743. The molecule has 0 spiro atoms. The molecule has 10 nitrogen and oxygen atoms in total. The highest BCUT2D eigenvalue weighted by Gasteiger charge is 2.12. The minimum absolute atomic E-state index is 0.0743. The van der Waals surface area contributed by atoms with E-state index in [4.69, 9.17) is 14.2 Å². The number of esters is 1. The summed E-state index contributed by atoms with van der Waals surface area (Å²) in [4.78, 5) is 19.0. The molecule has 1 aliphatic rings. The third kappa shape index (κ3) is 10.7. The first-order chi connectivity index (χ1) is 22.2. The van der Waals surface area contributed by atoms with Crippen LogP contribution in [-0.4, -0.2) is 44.0 Å². The number of unbranched alkanes of at least 4 members (excludes halogenated alkanes) is 6. The van der Waals surface area contributed by atoms with Gasteiger partial charge in [0.15, 0.2) is 0 Å². The number of thiophene rings is 1. The molecule has 0 atom stereocenters. The molecule has 3 heterocycles. The van der Waals surface area contributed by atoms with Gasteiger partial charge in [-0.25, -0.2) is 4.98 Å². The molecular formula is C33H40N6O4S2. The van der Waals surface area contributed by atoms with Gasteiger partial charge in [-0.3, -0.25) is 4.79 Å². The fraction of sp³-hybridized carbons (Fsp3) is 0.455. The first-order valence-electron chi connectivity index (χ1n) is 15.7. The highest BCUT2D eigenvalue weighted by Crippen LogP contribution is 2.39. The fourth-order valence-corrected chi connectivity index (χ4v) is 6.56. The highest BCUT2D eigenvalue weighted by molar-refractivity contribution is 7.30. The van der Waals surface area contributed by atoms with Crippen LogP contribution < -0.4 is 9.64 Å². The Labute approximate surface area is 272 Å². The van der Waals surface area contributed by atoms with E-state index in [2.05, 4.69) is 30.3 Å². The van der Waals surface area contributed by atoms with E-state index in [-0.39, 0.29) is 5.97 Å². The summed E-state index contributed by atoms with van der Waals surface area (Å²) < 4.78 is 17.5. The molecule has 0 unspecified atom stereocenters. The number of hydrogen-bond acceptors (Lipinski definition) is 12. The van der Waals surface area contributed by atoms with Crippen molar-refractivity contribution in [3.8, 4) is 5.75 Å². The van der Waals surface area contributed by atoms with Crippen molar-refractivity contribution in [1.29, 1.82) is 0 Å². The maximum Gasteiger partial charge on any atom is 0.305 e. The number of aromatic nitrogens is 1. The number of benzene rings is 2. The van der Waals surface area contributed by atoms with Gasteiger partial charge in [0.05, 0.1) is 35.9 Å². The van der Waals surface area contributed by atoms with Crippen LogP contribution in [-0.2, 0) is 14.3 Å². The number of thiazole rings is 1. The Morgan fingerprint density at radius 1 is 0.867 bits per heavy atom. The van der Waals surface area contributed by atoms with E-state index in [1.54, 1.807) is 0 Å². The summed E-state index contributed by atoms with van der Waals surface area (Å²) in [5.41, 5.74) is 2.67. The molecule has 0 saturated carbocycles. The molecule has 4 aromatic rings. The maximum atomic E-state index is 11.3. The predicted octanol–water partition coefficient (Wildman–Crippen LogP) is 10.4. The molecule has 1 aliphatic heterocycles. The van der Waals surface area contributed by atoms with Crippen LogP contribution in [0.5, 0.6) is 5.75 Å². The maximum absolute atomic E-state index is 11.3. The summed E-state index contributed by atoms with van der Waals surface area (Å²) in [5.74, 6) is 0.765. The second-order valence-corrected chi connectivity index (χ2v) is 12.8. The lowest BCUT2D eigenvalue weighted by atomic mass is 10.1. The van der Waals surface area contributed by atoms with Crippen LogP contribution in [0.2, 0.25) is 0 Å². The van der Waals surface area contributed by atoms with E-state index in [0.29, 0.717) is 31.5 Å². The largest absolute Gasteiger partial charge is 0.494 e. The summed E-state index contributed by atoms with van der Waals surface area (Å²) in [6.45, 7) is 5.55. The minimum Gasteiger partial charge on any atom is -0.494 e. The number of rotatable bonds is 18. The average Bonchev–Trinajstić information content (AvgIpc) is 3.81.